The highest BCUT2D eigenvalue weighted by atomic mass is 31.2. The number of rotatable bonds is 32. The van der Waals surface area contributed by atoms with Crippen LogP contribution in [0.1, 0.15) is 149 Å². The molecule has 0 aromatic heterocycles. The van der Waals surface area contributed by atoms with Crippen molar-refractivity contribution in [3.05, 3.63) is 24.3 Å². The third-order valence-corrected chi connectivity index (χ3v) is 8.07. The van der Waals surface area contributed by atoms with E-state index < -0.39 is 32.5 Å². The van der Waals surface area contributed by atoms with E-state index in [9.17, 15) is 19.0 Å². The normalized spacial score (nSPS) is 13.8. The van der Waals surface area contributed by atoms with Gasteiger partial charge in [0.05, 0.1) is 13.2 Å². The molecule has 0 aliphatic carbocycles. The highest BCUT2D eigenvalue weighted by Gasteiger charge is 2.25. The van der Waals surface area contributed by atoms with Crippen LogP contribution >= 0.6 is 7.82 Å². The molecule has 9 nitrogen and oxygen atoms in total. The molecular weight excluding hydrogens is 581 g/mol. The third kappa shape index (κ3) is 30.5. The van der Waals surface area contributed by atoms with Crippen molar-refractivity contribution < 1.29 is 37.6 Å². The molecule has 0 aliphatic rings. The van der Waals surface area contributed by atoms with E-state index in [2.05, 4.69) is 38.2 Å². The maximum absolute atomic E-state index is 12.5. The quantitative estimate of drug-likeness (QED) is 0.0318. The molecule has 0 aromatic carbocycles. The zero-order valence-electron chi connectivity index (χ0n) is 27.9. The Hall–Kier alpha value is -1.51. The van der Waals surface area contributed by atoms with Gasteiger partial charge < -0.3 is 20.1 Å². The Morgan fingerprint density at radius 1 is 0.682 bits per heavy atom. The van der Waals surface area contributed by atoms with E-state index in [-0.39, 0.29) is 32.6 Å². The highest BCUT2D eigenvalue weighted by molar-refractivity contribution is 7.47. The van der Waals surface area contributed by atoms with Crippen molar-refractivity contribution in [3.8, 4) is 0 Å². The van der Waals surface area contributed by atoms with E-state index >= 15 is 0 Å². The van der Waals surface area contributed by atoms with Crippen LogP contribution in [0.3, 0.4) is 0 Å². The second-order valence-electron chi connectivity index (χ2n) is 11.4. The van der Waals surface area contributed by atoms with Crippen molar-refractivity contribution in [1.82, 2.24) is 0 Å². The average molecular weight is 646 g/mol. The van der Waals surface area contributed by atoms with Crippen LogP contribution in [0.25, 0.3) is 0 Å². The summed E-state index contributed by atoms with van der Waals surface area (Å²) >= 11 is 0. The molecule has 10 heteroatoms. The number of phosphoric acid groups is 1. The van der Waals surface area contributed by atoms with Gasteiger partial charge in [-0.3, -0.25) is 18.6 Å². The van der Waals surface area contributed by atoms with Crippen molar-refractivity contribution in [3.63, 3.8) is 0 Å². The van der Waals surface area contributed by atoms with E-state index in [0.29, 0.717) is 6.42 Å². The molecular formula is C34H64NO8P. The molecule has 0 bridgehead atoms. The standard InChI is InChI=1S/C34H64NO8P/c1-3-5-7-9-11-13-14-15-16-17-18-19-21-23-25-27-34(37)43-32(31-42-44(38,39)41-29-28-35)30-40-33(36)26-24-22-20-12-10-8-6-4-2/h11,13,15-16,32H,3-10,12,14,17-31,35H2,1-2H3,(H,38,39)/b13-11-,16-15-. The molecule has 0 heterocycles. The van der Waals surface area contributed by atoms with Gasteiger partial charge in [0.2, 0.25) is 0 Å². The SMILES string of the molecule is CCCCC/C=C\C/C=C\CCCCCCCC(=O)OC(COC(=O)CCCCCCCCCC)COP(=O)(O)OCCN. The number of unbranched alkanes of at least 4 members (excludes halogenated alkanes) is 15. The third-order valence-electron chi connectivity index (χ3n) is 7.09. The fourth-order valence-corrected chi connectivity index (χ4v) is 5.25. The Labute approximate surface area is 268 Å². The molecule has 0 radical (unpaired) electrons. The number of hydrogen-bond acceptors (Lipinski definition) is 8. The van der Waals surface area contributed by atoms with E-state index in [4.69, 9.17) is 24.3 Å². The number of esters is 2. The number of carbonyl (C=O) groups is 2. The predicted molar refractivity (Wildman–Crippen MR) is 178 cm³/mol. The summed E-state index contributed by atoms with van der Waals surface area (Å²) in [6.07, 6.45) is 29.3. The Morgan fingerprint density at radius 3 is 1.77 bits per heavy atom. The van der Waals surface area contributed by atoms with E-state index in [0.717, 1.165) is 57.8 Å². The van der Waals surface area contributed by atoms with Crippen molar-refractivity contribution >= 4 is 19.8 Å². The number of ether oxygens (including phenoxy) is 2. The van der Waals surface area contributed by atoms with Crippen LogP contribution in [0.15, 0.2) is 24.3 Å². The summed E-state index contributed by atoms with van der Waals surface area (Å²) in [5.74, 6) is -0.851. The lowest BCUT2D eigenvalue weighted by Crippen LogP contribution is -2.29. The van der Waals surface area contributed by atoms with E-state index in [1.54, 1.807) is 0 Å². The van der Waals surface area contributed by atoms with Crippen LogP contribution in [0.4, 0.5) is 0 Å². The Kier molecular flexibility index (Phi) is 30.4. The Bertz CT molecular complexity index is 789. The smallest absolute Gasteiger partial charge is 0.462 e. The molecule has 0 amide bonds. The van der Waals surface area contributed by atoms with Crippen LogP contribution < -0.4 is 5.73 Å². The molecule has 0 aliphatic heterocycles. The summed E-state index contributed by atoms with van der Waals surface area (Å²) in [5.41, 5.74) is 5.31. The maximum Gasteiger partial charge on any atom is 0.472 e. The Morgan fingerprint density at radius 2 is 1.18 bits per heavy atom. The molecule has 3 N–H and O–H groups in total. The lowest BCUT2D eigenvalue weighted by Gasteiger charge is -2.19. The van der Waals surface area contributed by atoms with Gasteiger partial charge in [-0.15, -0.1) is 0 Å². The number of allylic oxidation sites excluding steroid dienone is 4. The highest BCUT2D eigenvalue weighted by Crippen LogP contribution is 2.43. The number of phosphoric ester groups is 1. The molecule has 0 spiro atoms. The molecule has 0 saturated carbocycles. The predicted octanol–water partition coefficient (Wildman–Crippen LogP) is 8.88. The fourth-order valence-electron chi connectivity index (χ4n) is 4.49. The minimum absolute atomic E-state index is 0.0518. The van der Waals surface area contributed by atoms with Gasteiger partial charge in [-0.2, -0.15) is 0 Å². The maximum atomic E-state index is 12.5. The molecule has 0 aromatic rings. The van der Waals surface area contributed by atoms with E-state index in [1.165, 1.54) is 57.8 Å². The van der Waals surface area contributed by atoms with Crippen LogP contribution in [-0.2, 0) is 32.7 Å². The van der Waals surface area contributed by atoms with Gasteiger partial charge >= 0.3 is 19.8 Å². The summed E-state index contributed by atoms with van der Waals surface area (Å²) in [5, 5.41) is 0. The molecule has 2 atom stereocenters. The Balaban J connectivity index is 4.28. The summed E-state index contributed by atoms with van der Waals surface area (Å²) in [6, 6.07) is 0. The molecule has 258 valence electrons. The number of nitrogens with two attached hydrogens (primary N) is 1. The molecule has 0 rings (SSSR count). The first-order valence-corrected chi connectivity index (χ1v) is 18.8. The topological polar surface area (TPSA) is 134 Å². The lowest BCUT2D eigenvalue weighted by atomic mass is 10.1. The molecule has 2 unspecified atom stereocenters. The van der Waals surface area contributed by atoms with Crippen molar-refractivity contribution in [2.45, 2.75) is 155 Å². The first-order chi connectivity index (χ1) is 21.3. The van der Waals surface area contributed by atoms with Gasteiger partial charge in [-0.05, 0) is 44.9 Å². The van der Waals surface area contributed by atoms with Crippen LogP contribution in [0, 0.1) is 0 Å². The summed E-state index contributed by atoms with van der Waals surface area (Å²) in [6.45, 7) is 3.63. The van der Waals surface area contributed by atoms with E-state index in [1.807, 2.05) is 0 Å². The van der Waals surface area contributed by atoms with Crippen LogP contribution in [0.2, 0.25) is 0 Å². The monoisotopic (exact) mass is 645 g/mol. The fraction of sp³-hybridized carbons (Fsp3) is 0.824. The first-order valence-electron chi connectivity index (χ1n) is 17.3. The average Bonchev–Trinajstić information content (AvgIpc) is 3.00. The van der Waals surface area contributed by atoms with Crippen molar-refractivity contribution in [1.29, 1.82) is 0 Å². The minimum Gasteiger partial charge on any atom is -0.462 e. The van der Waals surface area contributed by atoms with Gasteiger partial charge in [0.15, 0.2) is 6.10 Å². The zero-order valence-corrected chi connectivity index (χ0v) is 28.8. The zero-order chi connectivity index (χ0) is 32.6. The van der Waals surface area contributed by atoms with Crippen LogP contribution in [-0.4, -0.2) is 49.3 Å². The summed E-state index contributed by atoms with van der Waals surface area (Å²) in [4.78, 5) is 34.5. The summed E-state index contributed by atoms with van der Waals surface area (Å²) < 4.78 is 32.5. The van der Waals surface area contributed by atoms with Gasteiger partial charge in [0.25, 0.3) is 0 Å². The van der Waals surface area contributed by atoms with Crippen LogP contribution in [0.5, 0.6) is 0 Å². The van der Waals surface area contributed by atoms with Gasteiger partial charge in [0, 0.05) is 19.4 Å². The number of hydrogen-bond donors (Lipinski definition) is 2. The molecule has 44 heavy (non-hydrogen) atoms. The van der Waals surface area contributed by atoms with Gasteiger partial charge in [-0.25, -0.2) is 4.57 Å². The van der Waals surface area contributed by atoms with Gasteiger partial charge in [0.1, 0.15) is 6.61 Å². The largest absolute Gasteiger partial charge is 0.472 e. The molecule has 0 saturated heterocycles. The van der Waals surface area contributed by atoms with Crippen molar-refractivity contribution in [2.75, 3.05) is 26.4 Å². The van der Waals surface area contributed by atoms with Gasteiger partial charge in [-0.1, -0.05) is 115 Å². The summed E-state index contributed by atoms with van der Waals surface area (Å²) in [7, 11) is -4.36. The minimum atomic E-state index is -4.36. The second-order valence-corrected chi connectivity index (χ2v) is 12.8. The lowest BCUT2D eigenvalue weighted by molar-refractivity contribution is -0.161. The number of carbonyl (C=O) groups excluding carboxylic acids is 2. The second kappa shape index (κ2) is 31.5. The first kappa shape index (κ1) is 42.5. The molecule has 0 fully saturated rings. The van der Waals surface area contributed by atoms with Crippen molar-refractivity contribution in [2.24, 2.45) is 5.73 Å².